The third-order valence-corrected chi connectivity index (χ3v) is 2.77. The molecule has 1 aromatic heterocycles. The molecule has 0 bridgehead atoms. The maximum atomic E-state index is 11.5. The molecule has 0 unspecified atom stereocenters. The van der Waals surface area contributed by atoms with Crippen molar-refractivity contribution >= 4 is 11.9 Å². The number of rotatable bonds is 9. The van der Waals surface area contributed by atoms with Gasteiger partial charge in [-0.2, -0.15) is 0 Å². The summed E-state index contributed by atoms with van der Waals surface area (Å²) in [5.41, 5.74) is 5.67. The monoisotopic (exact) mass is 280 g/mol. The number of unbranched alkanes of at least 4 members (excludes halogenated alkanes) is 3. The SMILES string of the molecule is CCCCCCNC(N)=NCC(=O)NCc1ccco1. The molecule has 1 amide bonds. The van der Waals surface area contributed by atoms with E-state index in [4.69, 9.17) is 10.2 Å². The van der Waals surface area contributed by atoms with Crippen LogP contribution in [0.25, 0.3) is 0 Å². The van der Waals surface area contributed by atoms with Crippen LogP contribution >= 0.6 is 0 Å². The van der Waals surface area contributed by atoms with E-state index in [9.17, 15) is 4.79 Å². The van der Waals surface area contributed by atoms with Gasteiger partial charge in [0.15, 0.2) is 5.96 Å². The van der Waals surface area contributed by atoms with Crippen LogP contribution in [-0.4, -0.2) is 25.0 Å². The first-order valence-corrected chi connectivity index (χ1v) is 7.05. The summed E-state index contributed by atoms with van der Waals surface area (Å²) in [5.74, 6) is 0.844. The lowest BCUT2D eigenvalue weighted by Gasteiger charge is -2.05. The highest BCUT2D eigenvalue weighted by Gasteiger charge is 2.02. The fourth-order valence-corrected chi connectivity index (χ4v) is 1.64. The van der Waals surface area contributed by atoms with Crippen molar-refractivity contribution in [2.75, 3.05) is 13.1 Å². The van der Waals surface area contributed by atoms with Crippen LogP contribution in [-0.2, 0) is 11.3 Å². The Kier molecular flexibility index (Phi) is 7.95. The minimum atomic E-state index is -0.183. The number of nitrogens with zero attached hydrogens (tertiary/aromatic N) is 1. The van der Waals surface area contributed by atoms with E-state index in [2.05, 4.69) is 22.5 Å². The lowest BCUT2D eigenvalue weighted by Crippen LogP contribution is -2.34. The molecule has 0 radical (unpaired) electrons. The summed E-state index contributed by atoms with van der Waals surface area (Å²) >= 11 is 0. The van der Waals surface area contributed by atoms with Gasteiger partial charge in [0.2, 0.25) is 5.91 Å². The fraction of sp³-hybridized carbons (Fsp3) is 0.571. The smallest absolute Gasteiger partial charge is 0.242 e. The van der Waals surface area contributed by atoms with Gasteiger partial charge in [0.05, 0.1) is 12.8 Å². The van der Waals surface area contributed by atoms with Gasteiger partial charge < -0.3 is 20.8 Å². The molecule has 0 aliphatic carbocycles. The molecule has 112 valence electrons. The van der Waals surface area contributed by atoms with Crippen LogP contribution in [0.5, 0.6) is 0 Å². The second-order valence-electron chi connectivity index (χ2n) is 4.54. The minimum Gasteiger partial charge on any atom is -0.467 e. The zero-order valence-corrected chi connectivity index (χ0v) is 12.0. The van der Waals surface area contributed by atoms with Crippen LogP contribution in [0, 0.1) is 0 Å². The van der Waals surface area contributed by atoms with Gasteiger partial charge in [-0.25, -0.2) is 4.99 Å². The average molecular weight is 280 g/mol. The number of carbonyl (C=O) groups is 1. The van der Waals surface area contributed by atoms with E-state index in [-0.39, 0.29) is 12.5 Å². The summed E-state index contributed by atoms with van der Waals surface area (Å²) in [6.07, 6.45) is 6.25. The van der Waals surface area contributed by atoms with E-state index >= 15 is 0 Å². The number of amides is 1. The standard InChI is InChI=1S/C14H24N4O2/c1-2-3-4-5-8-16-14(15)18-11-13(19)17-10-12-7-6-9-20-12/h6-7,9H,2-5,8,10-11H2,1H3,(H,17,19)(H3,15,16,18). The van der Waals surface area contributed by atoms with Crippen molar-refractivity contribution in [1.29, 1.82) is 0 Å². The van der Waals surface area contributed by atoms with Crippen LogP contribution in [0.4, 0.5) is 0 Å². The van der Waals surface area contributed by atoms with Crippen molar-refractivity contribution in [3.63, 3.8) is 0 Å². The normalized spacial score (nSPS) is 11.3. The van der Waals surface area contributed by atoms with Gasteiger partial charge >= 0.3 is 0 Å². The van der Waals surface area contributed by atoms with Crippen LogP contribution < -0.4 is 16.4 Å². The van der Waals surface area contributed by atoms with E-state index in [1.165, 1.54) is 19.3 Å². The van der Waals surface area contributed by atoms with E-state index < -0.39 is 0 Å². The maximum Gasteiger partial charge on any atom is 0.242 e. The summed E-state index contributed by atoms with van der Waals surface area (Å²) in [5, 5.41) is 5.70. The lowest BCUT2D eigenvalue weighted by atomic mass is 10.2. The molecule has 1 aromatic rings. The van der Waals surface area contributed by atoms with E-state index in [1.54, 1.807) is 18.4 Å². The fourth-order valence-electron chi connectivity index (χ4n) is 1.64. The highest BCUT2D eigenvalue weighted by atomic mass is 16.3. The molecular formula is C14H24N4O2. The van der Waals surface area contributed by atoms with Gasteiger partial charge in [-0.15, -0.1) is 0 Å². The summed E-state index contributed by atoms with van der Waals surface area (Å²) in [7, 11) is 0. The van der Waals surface area contributed by atoms with Crippen LogP contribution in [0.15, 0.2) is 27.8 Å². The minimum absolute atomic E-state index is 0.0223. The maximum absolute atomic E-state index is 11.5. The number of furan rings is 1. The predicted octanol–water partition coefficient (Wildman–Crippen LogP) is 1.38. The van der Waals surface area contributed by atoms with Crippen molar-refractivity contribution in [1.82, 2.24) is 10.6 Å². The Morgan fingerprint density at radius 1 is 1.35 bits per heavy atom. The number of nitrogens with one attached hydrogen (secondary N) is 2. The summed E-state index contributed by atoms with van der Waals surface area (Å²) in [4.78, 5) is 15.5. The molecule has 0 fully saturated rings. The third kappa shape index (κ3) is 7.45. The molecule has 0 aliphatic rings. The average Bonchev–Trinajstić information content (AvgIpc) is 2.96. The number of hydrogen-bond acceptors (Lipinski definition) is 3. The van der Waals surface area contributed by atoms with Gasteiger partial charge in [-0.3, -0.25) is 4.79 Å². The summed E-state index contributed by atoms with van der Waals surface area (Å²) in [6, 6.07) is 3.58. The molecule has 0 saturated heterocycles. The van der Waals surface area contributed by atoms with Crippen molar-refractivity contribution in [3.05, 3.63) is 24.2 Å². The molecule has 4 N–H and O–H groups in total. The van der Waals surface area contributed by atoms with E-state index in [0.29, 0.717) is 18.3 Å². The van der Waals surface area contributed by atoms with Crippen LogP contribution in [0.3, 0.4) is 0 Å². The Morgan fingerprint density at radius 3 is 2.90 bits per heavy atom. The molecule has 1 heterocycles. The highest BCUT2D eigenvalue weighted by molar-refractivity contribution is 5.83. The zero-order valence-electron chi connectivity index (χ0n) is 12.0. The molecule has 0 saturated carbocycles. The molecule has 20 heavy (non-hydrogen) atoms. The Bertz CT molecular complexity index is 401. The Morgan fingerprint density at radius 2 is 2.20 bits per heavy atom. The molecule has 0 atom stereocenters. The van der Waals surface area contributed by atoms with Gasteiger partial charge in [0, 0.05) is 6.54 Å². The second kappa shape index (κ2) is 9.89. The van der Waals surface area contributed by atoms with Gasteiger partial charge in [0.25, 0.3) is 0 Å². The molecule has 0 spiro atoms. The largest absolute Gasteiger partial charge is 0.467 e. The Balaban J connectivity index is 2.10. The number of carbonyl (C=O) groups excluding carboxylic acids is 1. The van der Waals surface area contributed by atoms with Gasteiger partial charge in [-0.1, -0.05) is 26.2 Å². The van der Waals surface area contributed by atoms with Crippen molar-refractivity contribution in [2.24, 2.45) is 10.7 Å². The number of guanidine groups is 1. The van der Waals surface area contributed by atoms with Crippen LogP contribution in [0.2, 0.25) is 0 Å². The second-order valence-corrected chi connectivity index (χ2v) is 4.54. The quantitative estimate of drug-likeness (QED) is 0.362. The van der Waals surface area contributed by atoms with Crippen molar-refractivity contribution < 1.29 is 9.21 Å². The number of hydrogen-bond donors (Lipinski definition) is 3. The first kappa shape index (κ1) is 16.1. The number of nitrogens with two attached hydrogens (primary N) is 1. The van der Waals surface area contributed by atoms with Crippen molar-refractivity contribution in [3.8, 4) is 0 Å². The molecule has 1 rings (SSSR count). The van der Waals surface area contributed by atoms with Gasteiger partial charge in [-0.05, 0) is 18.6 Å². The van der Waals surface area contributed by atoms with E-state index in [0.717, 1.165) is 13.0 Å². The van der Waals surface area contributed by atoms with Crippen molar-refractivity contribution in [2.45, 2.75) is 39.2 Å². The zero-order chi connectivity index (χ0) is 14.6. The summed E-state index contributed by atoms with van der Waals surface area (Å²) < 4.78 is 5.11. The van der Waals surface area contributed by atoms with Gasteiger partial charge in [0.1, 0.15) is 12.3 Å². The molecular weight excluding hydrogens is 256 g/mol. The molecule has 0 aliphatic heterocycles. The molecule has 0 aromatic carbocycles. The summed E-state index contributed by atoms with van der Waals surface area (Å²) in [6.45, 7) is 3.36. The Labute approximate surface area is 119 Å². The Hall–Kier alpha value is -1.98. The first-order chi connectivity index (χ1) is 9.72. The number of aliphatic imine (C=N–C) groups is 1. The lowest BCUT2D eigenvalue weighted by molar-refractivity contribution is -0.119. The third-order valence-electron chi connectivity index (χ3n) is 2.77. The first-order valence-electron chi connectivity index (χ1n) is 7.05. The molecule has 6 nitrogen and oxygen atoms in total. The molecule has 6 heteroatoms. The predicted molar refractivity (Wildman–Crippen MR) is 79.2 cm³/mol. The van der Waals surface area contributed by atoms with E-state index in [1.807, 2.05) is 0 Å². The topological polar surface area (TPSA) is 92.6 Å². The highest BCUT2D eigenvalue weighted by Crippen LogP contribution is 1.98. The van der Waals surface area contributed by atoms with Crippen LogP contribution in [0.1, 0.15) is 38.4 Å².